The maximum absolute atomic E-state index is 10.3. The van der Waals surface area contributed by atoms with Crippen LogP contribution in [0.1, 0.15) is 11.3 Å². The molecule has 0 saturated carbocycles. The Labute approximate surface area is 140 Å². The molecule has 2 heterocycles. The second-order valence-electron chi connectivity index (χ2n) is 6.33. The molecule has 1 unspecified atom stereocenters. The van der Waals surface area contributed by atoms with Gasteiger partial charge in [-0.25, -0.2) is 0 Å². The summed E-state index contributed by atoms with van der Waals surface area (Å²) in [4.78, 5) is 2.24. The number of β-amino-alcohol motifs (C(OH)–C–C–N with tert-alkyl or cyclic N) is 1. The number of aliphatic hydroxyl groups is 1. The van der Waals surface area contributed by atoms with Crippen molar-refractivity contribution in [3.05, 3.63) is 59.9 Å². The molecule has 2 aromatic carbocycles. The van der Waals surface area contributed by atoms with Crippen LogP contribution in [0.2, 0.25) is 0 Å². The predicted molar refractivity (Wildman–Crippen MR) is 93.0 cm³/mol. The number of aromatic nitrogens is 2. The van der Waals surface area contributed by atoms with E-state index in [0.29, 0.717) is 13.2 Å². The van der Waals surface area contributed by atoms with Crippen LogP contribution in [0.5, 0.6) is 5.75 Å². The number of rotatable bonds is 5. The first-order valence-electron chi connectivity index (χ1n) is 8.31. The minimum Gasteiger partial charge on any atom is -0.491 e. The molecule has 0 fully saturated rings. The lowest BCUT2D eigenvalue weighted by molar-refractivity contribution is 0.0637. The first kappa shape index (κ1) is 15.2. The van der Waals surface area contributed by atoms with Gasteiger partial charge >= 0.3 is 0 Å². The number of hydrogen-bond donors (Lipinski definition) is 2. The summed E-state index contributed by atoms with van der Waals surface area (Å²) in [6.07, 6.45) is 2.32. The fraction of sp³-hybridized carbons (Fsp3) is 0.316. The third kappa shape index (κ3) is 3.27. The van der Waals surface area contributed by atoms with Gasteiger partial charge in [0.1, 0.15) is 18.5 Å². The maximum Gasteiger partial charge on any atom is 0.120 e. The number of ether oxygens (including phenoxy) is 1. The van der Waals surface area contributed by atoms with Gasteiger partial charge in [-0.2, -0.15) is 5.10 Å². The number of nitrogens with zero attached hydrogens (tertiary/aromatic N) is 2. The van der Waals surface area contributed by atoms with Crippen LogP contribution in [0, 0.1) is 0 Å². The van der Waals surface area contributed by atoms with Crippen LogP contribution in [-0.4, -0.2) is 46.0 Å². The number of fused-ring (bicyclic) bond motifs is 2. The summed E-state index contributed by atoms with van der Waals surface area (Å²) in [6.45, 7) is 2.67. The molecule has 4 rings (SSSR count). The molecule has 0 bridgehead atoms. The summed E-state index contributed by atoms with van der Waals surface area (Å²) in [5, 5.41) is 19.7. The fourth-order valence-corrected chi connectivity index (χ4v) is 3.24. The minimum atomic E-state index is -0.509. The van der Waals surface area contributed by atoms with Crippen molar-refractivity contribution in [3.63, 3.8) is 0 Å². The first-order chi connectivity index (χ1) is 11.8. The molecule has 0 aliphatic carbocycles. The van der Waals surface area contributed by atoms with Gasteiger partial charge in [-0.3, -0.25) is 10.00 Å². The highest BCUT2D eigenvalue weighted by atomic mass is 16.5. The smallest absolute Gasteiger partial charge is 0.120 e. The van der Waals surface area contributed by atoms with E-state index in [-0.39, 0.29) is 0 Å². The summed E-state index contributed by atoms with van der Waals surface area (Å²) in [5.41, 5.74) is 2.44. The monoisotopic (exact) mass is 323 g/mol. The number of H-pyrrole nitrogens is 1. The highest BCUT2D eigenvalue weighted by Gasteiger charge is 2.20. The van der Waals surface area contributed by atoms with Crippen molar-refractivity contribution >= 4 is 10.8 Å². The third-order valence-electron chi connectivity index (χ3n) is 4.51. The van der Waals surface area contributed by atoms with Crippen LogP contribution in [0.15, 0.2) is 48.7 Å². The number of aliphatic hydroxyl groups excluding tert-OH is 1. The van der Waals surface area contributed by atoms with Crippen LogP contribution in [-0.2, 0) is 13.0 Å². The first-order valence-corrected chi connectivity index (χ1v) is 8.31. The van der Waals surface area contributed by atoms with Crippen molar-refractivity contribution in [2.45, 2.75) is 19.1 Å². The highest BCUT2D eigenvalue weighted by Crippen LogP contribution is 2.21. The Hall–Kier alpha value is -2.37. The lowest BCUT2D eigenvalue weighted by atomic mass is 10.1. The second kappa shape index (κ2) is 6.63. The molecule has 124 valence electrons. The van der Waals surface area contributed by atoms with E-state index in [1.807, 2.05) is 36.5 Å². The topological polar surface area (TPSA) is 61.4 Å². The van der Waals surface area contributed by atoms with E-state index in [0.717, 1.165) is 30.6 Å². The minimum absolute atomic E-state index is 0.299. The summed E-state index contributed by atoms with van der Waals surface area (Å²) >= 11 is 0. The molecule has 5 heteroatoms. The molecule has 0 radical (unpaired) electrons. The lowest BCUT2D eigenvalue weighted by Crippen LogP contribution is -2.38. The van der Waals surface area contributed by atoms with Crippen molar-refractivity contribution < 1.29 is 9.84 Å². The van der Waals surface area contributed by atoms with E-state index in [1.165, 1.54) is 16.6 Å². The van der Waals surface area contributed by atoms with Gasteiger partial charge in [0, 0.05) is 37.3 Å². The largest absolute Gasteiger partial charge is 0.491 e. The molecule has 2 N–H and O–H groups in total. The predicted octanol–water partition coefficient (Wildman–Crippen LogP) is 2.36. The van der Waals surface area contributed by atoms with Gasteiger partial charge in [0.25, 0.3) is 0 Å². The number of benzene rings is 2. The van der Waals surface area contributed by atoms with Crippen molar-refractivity contribution in [1.29, 1.82) is 0 Å². The Morgan fingerprint density at radius 2 is 2.08 bits per heavy atom. The average Bonchev–Trinajstić information content (AvgIpc) is 3.07. The van der Waals surface area contributed by atoms with Gasteiger partial charge < -0.3 is 9.84 Å². The molecule has 1 aliphatic rings. The van der Waals surface area contributed by atoms with Crippen LogP contribution in [0.3, 0.4) is 0 Å². The Bertz CT molecular complexity index is 830. The molecule has 0 amide bonds. The average molecular weight is 323 g/mol. The molecule has 1 atom stereocenters. The Morgan fingerprint density at radius 1 is 1.21 bits per heavy atom. The van der Waals surface area contributed by atoms with Gasteiger partial charge in [0.15, 0.2) is 0 Å². The van der Waals surface area contributed by atoms with Crippen LogP contribution < -0.4 is 4.74 Å². The zero-order chi connectivity index (χ0) is 16.4. The number of hydrogen-bond acceptors (Lipinski definition) is 4. The molecule has 0 saturated heterocycles. The molecular weight excluding hydrogens is 302 g/mol. The van der Waals surface area contributed by atoms with E-state index < -0.39 is 6.10 Å². The van der Waals surface area contributed by atoms with Crippen molar-refractivity contribution in [2.75, 3.05) is 19.7 Å². The van der Waals surface area contributed by atoms with Gasteiger partial charge in [-0.15, -0.1) is 0 Å². The summed E-state index contributed by atoms with van der Waals surface area (Å²) < 4.78 is 5.78. The van der Waals surface area contributed by atoms with Crippen LogP contribution in [0.25, 0.3) is 10.8 Å². The van der Waals surface area contributed by atoms with Crippen molar-refractivity contribution in [1.82, 2.24) is 15.1 Å². The summed E-state index contributed by atoms with van der Waals surface area (Å²) in [5.74, 6) is 0.795. The normalized spacial score (nSPS) is 16.0. The van der Waals surface area contributed by atoms with Crippen molar-refractivity contribution in [3.8, 4) is 5.75 Å². The lowest BCUT2D eigenvalue weighted by Gasteiger charge is -2.28. The van der Waals surface area contributed by atoms with E-state index in [1.54, 1.807) is 0 Å². The van der Waals surface area contributed by atoms with E-state index >= 15 is 0 Å². The Kier molecular flexibility index (Phi) is 4.19. The third-order valence-corrected chi connectivity index (χ3v) is 4.51. The van der Waals surface area contributed by atoms with Gasteiger partial charge in [-0.1, -0.05) is 30.3 Å². The molecule has 3 aromatic rings. The maximum atomic E-state index is 10.3. The quantitative estimate of drug-likeness (QED) is 0.757. The van der Waals surface area contributed by atoms with E-state index in [4.69, 9.17) is 4.74 Å². The fourth-order valence-electron chi connectivity index (χ4n) is 3.24. The van der Waals surface area contributed by atoms with Crippen LogP contribution >= 0.6 is 0 Å². The molecule has 1 aliphatic heterocycles. The highest BCUT2D eigenvalue weighted by molar-refractivity contribution is 5.83. The Balaban J connectivity index is 1.32. The van der Waals surface area contributed by atoms with E-state index in [9.17, 15) is 5.11 Å². The molecule has 24 heavy (non-hydrogen) atoms. The number of aromatic amines is 1. The van der Waals surface area contributed by atoms with Gasteiger partial charge in [0.2, 0.25) is 0 Å². The van der Waals surface area contributed by atoms with Crippen LogP contribution in [0.4, 0.5) is 0 Å². The zero-order valence-electron chi connectivity index (χ0n) is 13.5. The standard InChI is InChI=1S/C19H21N3O2/c23-17(12-22-8-7-19-16(11-22)10-20-21-19)13-24-18-6-5-14-3-1-2-4-15(14)9-18/h1-6,9-10,17,23H,7-8,11-13H2,(H,20,21). The van der Waals surface area contributed by atoms with Gasteiger partial charge in [-0.05, 0) is 22.9 Å². The van der Waals surface area contributed by atoms with E-state index in [2.05, 4.69) is 27.2 Å². The SMILES string of the molecule is OC(COc1ccc2ccccc2c1)CN1CCc2[nH]ncc2C1. The molecule has 1 aromatic heterocycles. The molecular formula is C19H21N3O2. The summed E-state index contributed by atoms with van der Waals surface area (Å²) in [6, 6.07) is 14.2. The Morgan fingerprint density at radius 3 is 3.00 bits per heavy atom. The van der Waals surface area contributed by atoms with Gasteiger partial charge in [0.05, 0.1) is 6.20 Å². The summed E-state index contributed by atoms with van der Waals surface area (Å²) in [7, 11) is 0. The van der Waals surface area contributed by atoms with Crippen molar-refractivity contribution in [2.24, 2.45) is 0 Å². The molecule has 0 spiro atoms. The molecule has 5 nitrogen and oxygen atoms in total. The second-order valence-corrected chi connectivity index (χ2v) is 6.33. The zero-order valence-corrected chi connectivity index (χ0v) is 13.5. The number of nitrogens with one attached hydrogen (secondary N) is 1.